The lowest BCUT2D eigenvalue weighted by atomic mass is 9.93. The first-order valence-electron chi connectivity index (χ1n) is 8.29. The van der Waals surface area contributed by atoms with Gasteiger partial charge in [0.1, 0.15) is 0 Å². The molecule has 1 aromatic heterocycles. The van der Waals surface area contributed by atoms with Gasteiger partial charge in [0.2, 0.25) is 5.91 Å². The zero-order valence-corrected chi connectivity index (χ0v) is 15.6. The molecule has 1 fully saturated rings. The lowest BCUT2D eigenvalue weighted by Gasteiger charge is -2.25. The van der Waals surface area contributed by atoms with Crippen LogP contribution >= 0.6 is 22.9 Å². The minimum atomic E-state index is -0.0617. The molecule has 1 aliphatic carbocycles. The maximum Gasteiger partial charge on any atom is 0.227 e. The highest BCUT2D eigenvalue weighted by Crippen LogP contribution is 2.43. The third-order valence-corrected chi connectivity index (χ3v) is 5.80. The molecule has 5 heteroatoms. The smallest absolute Gasteiger partial charge is 0.227 e. The molecule has 0 saturated heterocycles. The van der Waals surface area contributed by atoms with Crippen LogP contribution in [0.3, 0.4) is 0 Å². The number of hydrogen-bond acceptors (Lipinski definition) is 3. The van der Waals surface area contributed by atoms with Crippen LogP contribution in [0, 0.1) is 5.92 Å². The van der Waals surface area contributed by atoms with E-state index in [4.69, 9.17) is 11.6 Å². The van der Waals surface area contributed by atoms with Crippen molar-refractivity contribution in [3.05, 3.63) is 57.2 Å². The van der Waals surface area contributed by atoms with Gasteiger partial charge in [-0.2, -0.15) is 0 Å². The van der Waals surface area contributed by atoms with Crippen LogP contribution in [0.5, 0.6) is 0 Å². The zero-order chi connectivity index (χ0) is 17.1. The molecule has 3 nitrogen and oxygen atoms in total. The quantitative estimate of drug-likeness (QED) is 0.795. The minimum absolute atomic E-state index is 0.0617. The summed E-state index contributed by atoms with van der Waals surface area (Å²) in [5.41, 5.74) is 1.07. The van der Waals surface area contributed by atoms with Crippen molar-refractivity contribution in [2.24, 2.45) is 5.92 Å². The van der Waals surface area contributed by atoms with E-state index in [-0.39, 0.29) is 17.9 Å². The number of nitrogens with one attached hydrogen (secondary N) is 1. The van der Waals surface area contributed by atoms with E-state index in [2.05, 4.69) is 27.7 Å². The molecule has 2 unspecified atom stereocenters. The van der Waals surface area contributed by atoms with Crippen LogP contribution in [-0.2, 0) is 4.79 Å². The molecule has 0 aliphatic heterocycles. The summed E-state index contributed by atoms with van der Waals surface area (Å²) in [6, 6.07) is 12.1. The summed E-state index contributed by atoms with van der Waals surface area (Å²) >= 11 is 7.71. The molecule has 24 heavy (non-hydrogen) atoms. The van der Waals surface area contributed by atoms with E-state index >= 15 is 0 Å². The predicted octanol–water partition coefficient (Wildman–Crippen LogP) is 4.31. The summed E-state index contributed by atoms with van der Waals surface area (Å²) in [5.74, 6) is 0.530. The molecular formula is C19H23ClN2OS. The molecule has 0 radical (unpaired) electrons. The number of benzene rings is 1. The molecule has 1 aromatic carbocycles. The number of rotatable bonds is 7. The van der Waals surface area contributed by atoms with Crippen LogP contribution in [0.15, 0.2) is 41.8 Å². The fraction of sp³-hybridized carbons (Fsp3) is 0.421. The Balaban J connectivity index is 1.68. The van der Waals surface area contributed by atoms with Crippen LogP contribution in [0.1, 0.15) is 35.2 Å². The molecule has 1 N–H and O–H groups in total. The Hall–Kier alpha value is -1.36. The lowest BCUT2D eigenvalue weighted by Crippen LogP contribution is -2.37. The number of nitrogens with zero attached hydrogens (tertiary/aromatic N) is 1. The fourth-order valence-electron chi connectivity index (χ4n) is 3.06. The first-order valence-corrected chi connectivity index (χ1v) is 9.55. The Bertz CT molecular complexity index is 665. The Morgan fingerprint density at radius 3 is 2.54 bits per heavy atom. The zero-order valence-electron chi connectivity index (χ0n) is 14.0. The van der Waals surface area contributed by atoms with E-state index < -0.39 is 0 Å². The second-order valence-corrected chi connectivity index (χ2v) is 8.02. The van der Waals surface area contributed by atoms with Gasteiger partial charge in [-0.05, 0) is 62.0 Å². The van der Waals surface area contributed by atoms with Crippen molar-refractivity contribution in [3.63, 3.8) is 0 Å². The third kappa shape index (κ3) is 4.18. The van der Waals surface area contributed by atoms with Crippen LogP contribution in [0.25, 0.3) is 0 Å². The maximum absolute atomic E-state index is 12.8. The number of hydrogen-bond donors (Lipinski definition) is 1. The number of thiophene rings is 1. The number of carbonyl (C=O) groups excluding carboxylic acids is 1. The average Bonchev–Trinajstić information content (AvgIpc) is 3.23. The summed E-state index contributed by atoms with van der Waals surface area (Å²) < 4.78 is 0. The Morgan fingerprint density at radius 2 is 2.00 bits per heavy atom. The molecule has 0 bridgehead atoms. The summed E-state index contributed by atoms with van der Waals surface area (Å²) in [6.45, 7) is 0.628. The molecule has 3 rings (SSSR count). The second kappa shape index (κ2) is 7.68. The number of halogens is 1. The van der Waals surface area contributed by atoms with Crippen LogP contribution in [0.2, 0.25) is 5.02 Å². The molecule has 2 aromatic rings. The van der Waals surface area contributed by atoms with E-state index in [0.29, 0.717) is 17.5 Å². The Morgan fingerprint density at radius 1 is 1.29 bits per heavy atom. The van der Waals surface area contributed by atoms with Gasteiger partial charge in [0.15, 0.2) is 0 Å². The normalized spacial score (nSPS) is 16.8. The third-order valence-electron chi connectivity index (χ3n) is 4.57. The van der Waals surface area contributed by atoms with Gasteiger partial charge in [-0.25, -0.2) is 0 Å². The number of carbonyl (C=O) groups is 1. The molecule has 1 aliphatic rings. The van der Waals surface area contributed by atoms with E-state index in [1.807, 2.05) is 38.4 Å². The predicted molar refractivity (Wildman–Crippen MR) is 101 cm³/mol. The van der Waals surface area contributed by atoms with Crippen molar-refractivity contribution >= 4 is 28.8 Å². The highest BCUT2D eigenvalue weighted by atomic mass is 35.5. The fourth-order valence-corrected chi connectivity index (χ4v) is 4.11. The van der Waals surface area contributed by atoms with E-state index in [1.54, 1.807) is 11.3 Å². The SMILES string of the molecule is CN(C)C(CNC(=O)C(c1ccc(Cl)cc1)C1CC1)c1cccs1. The number of likely N-dealkylation sites (N-methyl/N-ethyl adjacent to an activating group) is 1. The van der Waals surface area contributed by atoms with Gasteiger partial charge in [0.25, 0.3) is 0 Å². The van der Waals surface area contributed by atoms with E-state index in [1.165, 1.54) is 4.88 Å². The largest absolute Gasteiger partial charge is 0.354 e. The van der Waals surface area contributed by atoms with Crippen molar-refractivity contribution in [2.75, 3.05) is 20.6 Å². The van der Waals surface area contributed by atoms with Crippen molar-refractivity contribution in [2.45, 2.75) is 24.8 Å². The summed E-state index contributed by atoms with van der Waals surface area (Å²) in [4.78, 5) is 16.3. The summed E-state index contributed by atoms with van der Waals surface area (Å²) in [6.07, 6.45) is 2.26. The van der Waals surface area contributed by atoms with Gasteiger partial charge in [-0.3, -0.25) is 4.79 Å². The van der Waals surface area contributed by atoms with Gasteiger partial charge in [0.05, 0.1) is 12.0 Å². The van der Waals surface area contributed by atoms with Gasteiger partial charge in [0, 0.05) is 16.4 Å². The van der Waals surface area contributed by atoms with Crippen molar-refractivity contribution in [1.82, 2.24) is 10.2 Å². The molecule has 1 heterocycles. The molecule has 1 saturated carbocycles. The molecule has 1 amide bonds. The monoisotopic (exact) mass is 362 g/mol. The summed E-state index contributed by atoms with van der Waals surface area (Å²) in [5, 5.41) is 5.97. The second-order valence-electron chi connectivity index (χ2n) is 6.61. The van der Waals surface area contributed by atoms with Crippen LogP contribution in [-0.4, -0.2) is 31.4 Å². The van der Waals surface area contributed by atoms with Gasteiger partial charge >= 0.3 is 0 Å². The topological polar surface area (TPSA) is 32.3 Å². The van der Waals surface area contributed by atoms with Crippen LogP contribution < -0.4 is 5.32 Å². The average molecular weight is 363 g/mol. The molecule has 0 spiro atoms. The molecule has 128 valence electrons. The van der Waals surface area contributed by atoms with Crippen LogP contribution in [0.4, 0.5) is 0 Å². The standard InChI is InChI=1S/C19H23ClN2OS/c1-22(2)16(17-4-3-11-24-17)12-21-19(23)18(13-5-6-13)14-7-9-15(20)10-8-14/h3-4,7-11,13,16,18H,5-6,12H2,1-2H3,(H,21,23). The molecular weight excluding hydrogens is 340 g/mol. The highest BCUT2D eigenvalue weighted by molar-refractivity contribution is 7.10. The maximum atomic E-state index is 12.8. The van der Waals surface area contributed by atoms with Crippen molar-refractivity contribution < 1.29 is 4.79 Å². The van der Waals surface area contributed by atoms with E-state index in [9.17, 15) is 4.79 Å². The first kappa shape index (κ1) is 17.5. The van der Waals surface area contributed by atoms with Crippen molar-refractivity contribution in [3.8, 4) is 0 Å². The van der Waals surface area contributed by atoms with Gasteiger partial charge < -0.3 is 10.2 Å². The van der Waals surface area contributed by atoms with Gasteiger partial charge in [-0.15, -0.1) is 11.3 Å². The highest BCUT2D eigenvalue weighted by Gasteiger charge is 2.37. The first-order chi connectivity index (χ1) is 11.6. The summed E-state index contributed by atoms with van der Waals surface area (Å²) in [7, 11) is 4.10. The minimum Gasteiger partial charge on any atom is -0.354 e. The van der Waals surface area contributed by atoms with E-state index in [0.717, 1.165) is 18.4 Å². The lowest BCUT2D eigenvalue weighted by molar-refractivity contribution is -0.123. The molecule has 2 atom stereocenters. The van der Waals surface area contributed by atoms with Gasteiger partial charge in [-0.1, -0.05) is 29.8 Å². The number of amides is 1. The Kier molecular flexibility index (Phi) is 5.59. The Labute approximate surface area is 152 Å². The van der Waals surface area contributed by atoms with Crippen molar-refractivity contribution in [1.29, 1.82) is 0 Å².